The number of likely N-dealkylation sites (tertiary alicyclic amines) is 1. The van der Waals surface area contributed by atoms with Gasteiger partial charge in [0, 0.05) is 30.9 Å². The van der Waals surface area contributed by atoms with Crippen molar-refractivity contribution < 1.29 is 14.3 Å². The number of nitrogens with zero attached hydrogens (tertiary/aromatic N) is 1. The van der Waals surface area contributed by atoms with Crippen LogP contribution in [0.25, 0.3) is 0 Å². The minimum atomic E-state index is -0.577. The van der Waals surface area contributed by atoms with E-state index in [2.05, 4.69) is 10.6 Å². The van der Waals surface area contributed by atoms with Crippen LogP contribution >= 0.6 is 11.6 Å². The minimum absolute atomic E-state index is 0.0869. The quantitative estimate of drug-likeness (QED) is 0.440. The van der Waals surface area contributed by atoms with Crippen LogP contribution in [-0.4, -0.2) is 36.9 Å². The zero-order valence-electron chi connectivity index (χ0n) is 19.8. The monoisotopic (exact) mass is 491 g/mol. The molecular formula is C28H30ClN3O3. The number of ether oxygens (including phenoxy) is 1. The number of methoxy groups -OCH3 is 1. The summed E-state index contributed by atoms with van der Waals surface area (Å²) in [6.45, 7) is 2.12. The Hall–Kier alpha value is -3.35. The molecule has 7 heteroatoms. The summed E-state index contributed by atoms with van der Waals surface area (Å²) < 4.78 is 5.19. The van der Waals surface area contributed by atoms with Crippen molar-refractivity contribution in [3.8, 4) is 5.75 Å². The maximum Gasteiger partial charge on any atom is 0.253 e. The summed E-state index contributed by atoms with van der Waals surface area (Å²) in [5, 5.41) is 6.72. The zero-order valence-corrected chi connectivity index (χ0v) is 20.6. The molecule has 0 saturated carbocycles. The number of benzene rings is 3. The van der Waals surface area contributed by atoms with E-state index in [-0.39, 0.29) is 11.8 Å². The van der Waals surface area contributed by atoms with E-state index in [0.29, 0.717) is 28.6 Å². The topological polar surface area (TPSA) is 70.7 Å². The summed E-state index contributed by atoms with van der Waals surface area (Å²) in [6.07, 6.45) is 3.33. The predicted molar refractivity (Wildman–Crippen MR) is 139 cm³/mol. The molecule has 6 nitrogen and oxygen atoms in total. The van der Waals surface area contributed by atoms with E-state index in [1.54, 1.807) is 25.3 Å². The average molecular weight is 492 g/mol. The van der Waals surface area contributed by atoms with Crippen LogP contribution in [0.1, 0.15) is 46.8 Å². The molecule has 35 heavy (non-hydrogen) atoms. The van der Waals surface area contributed by atoms with Crippen LogP contribution in [0.5, 0.6) is 5.75 Å². The van der Waals surface area contributed by atoms with Gasteiger partial charge in [0.25, 0.3) is 5.91 Å². The molecule has 1 heterocycles. The Bertz CT molecular complexity index is 1150. The van der Waals surface area contributed by atoms with Gasteiger partial charge in [0.15, 0.2) is 0 Å². The lowest BCUT2D eigenvalue weighted by molar-refractivity contribution is -0.118. The Balaban J connectivity index is 1.44. The van der Waals surface area contributed by atoms with Gasteiger partial charge in [-0.05, 0) is 60.7 Å². The van der Waals surface area contributed by atoms with Crippen molar-refractivity contribution in [2.45, 2.75) is 31.8 Å². The van der Waals surface area contributed by atoms with Crippen molar-refractivity contribution in [1.82, 2.24) is 10.2 Å². The highest BCUT2D eigenvalue weighted by Gasteiger charge is 2.21. The van der Waals surface area contributed by atoms with Crippen molar-refractivity contribution in [3.05, 3.63) is 94.5 Å². The van der Waals surface area contributed by atoms with E-state index in [4.69, 9.17) is 16.3 Å². The first-order valence-electron chi connectivity index (χ1n) is 11.9. The fraction of sp³-hybridized carbons (Fsp3) is 0.286. The van der Waals surface area contributed by atoms with Crippen LogP contribution in [0.15, 0.2) is 72.8 Å². The number of nitrogens with one attached hydrogen (secondary N) is 2. The molecule has 1 fully saturated rings. The third kappa shape index (κ3) is 6.41. The van der Waals surface area contributed by atoms with Crippen LogP contribution in [0.3, 0.4) is 0 Å². The molecular weight excluding hydrogens is 462 g/mol. The van der Waals surface area contributed by atoms with Gasteiger partial charge in [-0.1, -0.05) is 54.1 Å². The van der Waals surface area contributed by atoms with E-state index in [1.165, 1.54) is 6.42 Å². The number of carbonyl (C=O) groups excluding carboxylic acids is 2. The fourth-order valence-electron chi connectivity index (χ4n) is 4.23. The van der Waals surface area contributed by atoms with Gasteiger partial charge >= 0.3 is 0 Å². The highest BCUT2D eigenvalue weighted by atomic mass is 35.5. The van der Waals surface area contributed by atoms with Crippen molar-refractivity contribution in [3.63, 3.8) is 0 Å². The number of amides is 2. The van der Waals surface area contributed by atoms with E-state index in [9.17, 15) is 9.59 Å². The lowest BCUT2D eigenvalue weighted by Gasteiger charge is -2.26. The first kappa shape index (κ1) is 24.8. The fourth-order valence-corrected chi connectivity index (χ4v) is 4.49. The largest absolute Gasteiger partial charge is 0.495 e. The molecule has 1 saturated heterocycles. The molecule has 1 aliphatic rings. The third-order valence-electron chi connectivity index (χ3n) is 6.17. The number of carbonyl (C=O) groups is 2. The summed E-state index contributed by atoms with van der Waals surface area (Å²) in [4.78, 5) is 27.9. The number of hydrogen-bond donors (Lipinski definition) is 2. The van der Waals surface area contributed by atoms with Gasteiger partial charge in [0.1, 0.15) is 11.8 Å². The Morgan fingerprint density at radius 2 is 1.69 bits per heavy atom. The number of piperidine rings is 1. The summed E-state index contributed by atoms with van der Waals surface area (Å²) in [7, 11) is 1.55. The first-order valence-corrected chi connectivity index (χ1v) is 12.2. The van der Waals surface area contributed by atoms with Crippen molar-refractivity contribution in [2.75, 3.05) is 25.5 Å². The highest BCUT2D eigenvalue weighted by molar-refractivity contribution is 6.32. The van der Waals surface area contributed by atoms with Crippen LogP contribution in [-0.2, 0) is 11.3 Å². The first-order chi connectivity index (χ1) is 17.0. The molecule has 1 unspecified atom stereocenters. The molecule has 1 aliphatic heterocycles. The molecule has 1 atom stereocenters. The molecule has 0 aromatic heterocycles. The highest BCUT2D eigenvalue weighted by Crippen LogP contribution is 2.28. The molecule has 0 radical (unpaired) electrons. The Labute approximate surface area is 211 Å². The standard InChI is InChI=1S/C28H30ClN3O3/c1-35-25-15-14-23(18-24(25)29)31-27(33)26(21-8-4-2-5-9-21)30-19-20-10-12-22(13-11-20)28(34)32-16-6-3-7-17-32/h2,4-5,8-15,18,26,30H,3,6-7,16-17,19H2,1H3,(H,31,33). The Kier molecular flexibility index (Phi) is 8.40. The van der Waals surface area contributed by atoms with Crippen LogP contribution < -0.4 is 15.4 Å². The van der Waals surface area contributed by atoms with E-state index >= 15 is 0 Å². The molecule has 182 valence electrons. The molecule has 0 aliphatic carbocycles. The lowest BCUT2D eigenvalue weighted by atomic mass is 10.0. The van der Waals surface area contributed by atoms with Gasteiger partial charge in [-0.15, -0.1) is 0 Å². The summed E-state index contributed by atoms with van der Waals surface area (Å²) in [5.41, 5.74) is 3.12. The minimum Gasteiger partial charge on any atom is -0.495 e. The summed E-state index contributed by atoms with van der Waals surface area (Å²) >= 11 is 6.22. The van der Waals surface area contributed by atoms with Crippen molar-refractivity contribution in [1.29, 1.82) is 0 Å². The van der Waals surface area contributed by atoms with Crippen molar-refractivity contribution in [2.24, 2.45) is 0 Å². The van der Waals surface area contributed by atoms with Gasteiger partial charge < -0.3 is 15.0 Å². The average Bonchev–Trinajstić information content (AvgIpc) is 2.90. The summed E-state index contributed by atoms with van der Waals surface area (Å²) in [6, 6.07) is 21.7. The predicted octanol–water partition coefficient (Wildman–Crippen LogP) is 5.44. The molecule has 2 N–H and O–H groups in total. The van der Waals surface area contributed by atoms with Crippen molar-refractivity contribution >= 4 is 29.1 Å². The van der Waals surface area contributed by atoms with Gasteiger partial charge in [-0.2, -0.15) is 0 Å². The molecule has 3 aromatic rings. The van der Waals surface area contributed by atoms with Crippen LogP contribution in [0, 0.1) is 0 Å². The second kappa shape index (κ2) is 11.9. The lowest BCUT2D eigenvalue weighted by Crippen LogP contribution is -2.35. The Morgan fingerprint density at radius 3 is 2.34 bits per heavy atom. The number of halogens is 1. The van der Waals surface area contributed by atoms with Crippen LogP contribution in [0.4, 0.5) is 5.69 Å². The molecule has 0 bridgehead atoms. The third-order valence-corrected chi connectivity index (χ3v) is 6.46. The number of anilines is 1. The van der Waals surface area contributed by atoms with Crippen LogP contribution in [0.2, 0.25) is 5.02 Å². The molecule has 2 amide bonds. The maximum atomic E-state index is 13.2. The normalized spacial score (nSPS) is 14.3. The van der Waals surface area contributed by atoms with Gasteiger partial charge in [-0.3, -0.25) is 14.9 Å². The second-order valence-corrected chi connectivity index (χ2v) is 9.02. The molecule has 4 rings (SSSR count). The smallest absolute Gasteiger partial charge is 0.253 e. The zero-order chi connectivity index (χ0) is 24.6. The van der Waals surface area contributed by atoms with Gasteiger partial charge in [0.05, 0.1) is 12.1 Å². The second-order valence-electron chi connectivity index (χ2n) is 8.61. The number of rotatable bonds is 8. The van der Waals surface area contributed by atoms with E-state index in [0.717, 1.165) is 37.1 Å². The molecule has 0 spiro atoms. The number of hydrogen-bond acceptors (Lipinski definition) is 4. The molecule has 3 aromatic carbocycles. The van der Waals surface area contributed by atoms with E-state index < -0.39 is 6.04 Å². The summed E-state index contributed by atoms with van der Waals surface area (Å²) in [5.74, 6) is 0.433. The van der Waals surface area contributed by atoms with Gasteiger partial charge in [-0.25, -0.2) is 0 Å². The van der Waals surface area contributed by atoms with Gasteiger partial charge in [0.2, 0.25) is 5.91 Å². The van der Waals surface area contributed by atoms with E-state index in [1.807, 2.05) is 59.5 Å². The SMILES string of the molecule is COc1ccc(NC(=O)C(NCc2ccc(C(=O)N3CCCCC3)cc2)c2ccccc2)cc1Cl. The Morgan fingerprint density at radius 1 is 0.971 bits per heavy atom. The maximum absolute atomic E-state index is 13.2.